The zero-order valence-electron chi connectivity index (χ0n) is 11.4. The van der Waals surface area contributed by atoms with Crippen molar-refractivity contribution < 1.29 is 4.79 Å². The third-order valence-electron chi connectivity index (χ3n) is 3.03. The Morgan fingerprint density at radius 1 is 1.56 bits per heavy atom. The Kier molecular flexibility index (Phi) is 4.76. The van der Waals surface area contributed by atoms with Crippen molar-refractivity contribution in [2.24, 2.45) is 18.2 Å². The summed E-state index contributed by atoms with van der Waals surface area (Å²) in [6, 6.07) is 0. The van der Waals surface area contributed by atoms with Crippen LogP contribution in [-0.2, 0) is 24.8 Å². The van der Waals surface area contributed by atoms with Crippen molar-refractivity contribution in [2.45, 2.75) is 33.7 Å². The highest BCUT2D eigenvalue weighted by atomic mass is 35.5. The number of nitrogens with zero attached hydrogens (tertiary/aromatic N) is 2. The van der Waals surface area contributed by atoms with Gasteiger partial charge in [-0.15, -0.1) is 0 Å². The van der Waals surface area contributed by atoms with Crippen molar-refractivity contribution in [3.8, 4) is 0 Å². The molecular formula is C12H21ClN4O. The van der Waals surface area contributed by atoms with Gasteiger partial charge in [0.1, 0.15) is 0 Å². The maximum atomic E-state index is 11.2. The van der Waals surface area contributed by atoms with Gasteiger partial charge in [-0.25, -0.2) is 0 Å². The minimum atomic E-state index is -0.571. The summed E-state index contributed by atoms with van der Waals surface area (Å²) in [7, 11) is 1.86. The maximum absolute atomic E-state index is 11.2. The topological polar surface area (TPSA) is 72.9 Å². The normalized spacial score (nSPS) is 11.8. The summed E-state index contributed by atoms with van der Waals surface area (Å²) in [5, 5.41) is 8.23. The first-order valence-electron chi connectivity index (χ1n) is 6.00. The lowest BCUT2D eigenvalue weighted by Gasteiger charge is -2.20. The van der Waals surface area contributed by atoms with E-state index in [1.54, 1.807) is 4.68 Å². The van der Waals surface area contributed by atoms with Crippen LogP contribution in [0, 0.1) is 5.41 Å². The van der Waals surface area contributed by atoms with Gasteiger partial charge >= 0.3 is 0 Å². The van der Waals surface area contributed by atoms with E-state index in [1.807, 2.05) is 27.8 Å². The van der Waals surface area contributed by atoms with E-state index in [0.29, 0.717) is 18.1 Å². The SMILES string of the molecule is CCc1nn(C)c(CNCC(C)(C)C(N)=O)c1Cl. The van der Waals surface area contributed by atoms with E-state index in [1.165, 1.54) is 0 Å². The van der Waals surface area contributed by atoms with Crippen LogP contribution >= 0.6 is 11.6 Å². The zero-order valence-corrected chi connectivity index (χ0v) is 12.1. The molecule has 102 valence electrons. The van der Waals surface area contributed by atoms with Gasteiger partial charge in [0.2, 0.25) is 5.91 Å². The molecule has 6 heteroatoms. The number of nitrogens with one attached hydrogen (secondary N) is 1. The standard InChI is InChI=1S/C12H21ClN4O/c1-5-8-10(13)9(17(4)16-8)6-15-7-12(2,3)11(14)18/h15H,5-7H2,1-4H3,(H2,14,18). The number of hydrogen-bond donors (Lipinski definition) is 2. The Labute approximate surface area is 113 Å². The highest BCUT2D eigenvalue weighted by Gasteiger charge is 2.24. The minimum Gasteiger partial charge on any atom is -0.369 e. The van der Waals surface area contributed by atoms with Gasteiger partial charge in [0, 0.05) is 20.1 Å². The second-order valence-corrected chi connectivity index (χ2v) is 5.41. The molecule has 0 aromatic carbocycles. The van der Waals surface area contributed by atoms with Crippen molar-refractivity contribution >= 4 is 17.5 Å². The second kappa shape index (κ2) is 5.71. The molecule has 0 radical (unpaired) electrons. The minimum absolute atomic E-state index is 0.319. The highest BCUT2D eigenvalue weighted by Crippen LogP contribution is 2.21. The average Bonchev–Trinajstić information content (AvgIpc) is 2.55. The number of amides is 1. The van der Waals surface area contributed by atoms with E-state index in [0.717, 1.165) is 17.8 Å². The maximum Gasteiger partial charge on any atom is 0.224 e. The fourth-order valence-electron chi connectivity index (χ4n) is 1.59. The van der Waals surface area contributed by atoms with Gasteiger partial charge in [0.25, 0.3) is 0 Å². The number of carbonyl (C=O) groups is 1. The molecule has 5 nitrogen and oxygen atoms in total. The molecule has 18 heavy (non-hydrogen) atoms. The van der Waals surface area contributed by atoms with Crippen LogP contribution in [0.2, 0.25) is 5.02 Å². The molecule has 0 atom stereocenters. The van der Waals surface area contributed by atoms with E-state index in [2.05, 4.69) is 10.4 Å². The van der Waals surface area contributed by atoms with E-state index in [9.17, 15) is 4.79 Å². The van der Waals surface area contributed by atoms with Gasteiger partial charge in [-0.3, -0.25) is 9.48 Å². The first kappa shape index (κ1) is 15.0. The number of carbonyl (C=O) groups excluding carboxylic acids is 1. The molecule has 0 saturated heterocycles. The van der Waals surface area contributed by atoms with Crippen LogP contribution in [0.5, 0.6) is 0 Å². The Bertz CT molecular complexity index is 440. The fourth-order valence-corrected chi connectivity index (χ4v) is 1.95. The number of rotatable bonds is 6. The van der Waals surface area contributed by atoms with Crippen LogP contribution in [-0.4, -0.2) is 22.2 Å². The molecular weight excluding hydrogens is 252 g/mol. The molecule has 1 aromatic rings. The molecule has 0 bridgehead atoms. The lowest BCUT2D eigenvalue weighted by Crippen LogP contribution is -2.40. The van der Waals surface area contributed by atoms with Crippen molar-refractivity contribution in [1.29, 1.82) is 0 Å². The number of primary amides is 1. The summed E-state index contributed by atoms with van der Waals surface area (Å²) in [5.74, 6) is -0.319. The third kappa shape index (κ3) is 3.23. The lowest BCUT2D eigenvalue weighted by atomic mass is 9.93. The Hall–Kier alpha value is -1.07. The van der Waals surface area contributed by atoms with E-state index in [4.69, 9.17) is 17.3 Å². The van der Waals surface area contributed by atoms with Crippen LogP contribution in [0.3, 0.4) is 0 Å². The molecule has 1 heterocycles. The first-order chi connectivity index (χ1) is 8.29. The number of aromatic nitrogens is 2. The predicted octanol–water partition coefficient (Wildman–Crippen LogP) is 1.24. The molecule has 0 aliphatic carbocycles. The number of aryl methyl sites for hydroxylation is 2. The van der Waals surface area contributed by atoms with E-state index >= 15 is 0 Å². The van der Waals surface area contributed by atoms with Crippen LogP contribution in [0.15, 0.2) is 0 Å². The summed E-state index contributed by atoms with van der Waals surface area (Å²) >= 11 is 6.23. The molecule has 0 aliphatic rings. The Morgan fingerprint density at radius 3 is 2.61 bits per heavy atom. The van der Waals surface area contributed by atoms with Gasteiger partial charge in [-0.1, -0.05) is 18.5 Å². The number of halogens is 1. The predicted molar refractivity (Wildman–Crippen MR) is 72.3 cm³/mol. The molecule has 1 aromatic heterocycles. The quantitative estimate of drug-likeness (QED) is 0.818. The van der Waals surface area contributed by atoms with E-state index < -0.39 is 5.41 Å². The van der Waals surface area contributed by atoms with Gasteiger partial charge < -0.3 is 11.1 Å². The monoisotopic (exact) mass is 272 g/mol. The van der Waals surface area contributed by atoms with Gasteiger partial charge in [0.05, 0.1) is 21.8 Å². The summed E-state index contributed by atoms with van der Waals surface area (Å²) in [6.07, 6.45) is 0.805. The molecule has 0 saturated carbocycles. The fraction of sp³-hybridized carbons (Fsp3) is 0.667. The van der Waals surface area contributed by atoms with Crippen molar-refractivity contribution in [2.75, 3.05) is 6.54 Å². The summed E-state index contributed by atoms with van der Waals surface area (Å²) in [6.45, 7) is 6.71. The van der Waals surface area contributed by atoms with Crippen LogP contribution in [0.1, 0.15) is 32.2 Å². The van der Waals surface area contributed by atoms with Crippen LogP contribution in [0.25, 0.3) is 0 Å². The third-order valence-corrected chi connectivity index (χ3v) is 3.47. The highest BCUT2D eigenvalue weighted by molar-refractivity contribution is 6.31. The second-order valence-electron chi connectivity index (χ2n) is 5.04. The summed E-state index contributed by atoms with van der Waals surface area (Å²) in [4.78, 5) is 11.2. The molecule has 3 N–H and O–H groups in total. The van der Waals surface area contributed by atoms with Crippen LogP contribution < -0.4 is 11.1 Å². The van der Waals surface area contributed by atoms with Gasteiger partial charge in [-0.05, 0) is 20.3 Å². The smallest absolute Gasteiger partial charge is 0.224 e. The van der Waals surface area contributed by atoms with E-state index in [-0.39, 0.29) is 5.91 Å². The van der Waals surface area contributed by atoms with Gasteiger partial charge in [0.15, 0.2) is 0 Å². The number of hydrogen-bond acceptors (Lipinski definition) is 3. The largest absolute Gasteiger partial charge is 0.369 e. The van der Waals surface area contributed by atoms with Crippen molar-refractivity contribution in [3.63, 3.8) is 0 Å². The van der Waals surface area contributed by atoms with Crippen molar-refractivity contribution in [3.05, 3.63) is 16.4 Å². The molecule has 0 fully saturated rings. The molecule has 0 aliphatic heterocycles. The Balaban J connectivity index is 2.65. The van der Waals surface area contributed by atoms with Crippen molar-refractivity contribution in [1.82, 2.24) is 15.1 Å². The lowest BCUT2D eigenvalue weighted by molar-refractivity contribution is -0.125. The molecule has 0 spiro atoms. The Morgan fingerprint density at radius 2 is 2.17 bits per heavy atom. The molecule has 1 rings (SSSR count). The zero-order chi connectivity index (χ0) is 13.9. The number of nitrogens with two attached hydrogens (primary N) is 1. The average molecular weight is 273 g/mol. The first-order valence-corrected chi connectivity index (χ1v) is 6.38. The summed E-state index contributed by atoms with van der Waals surface area (Å²) in [5.41, 5.74) is 6.56. The summed E-state index contributed by atoms with van der Waals surface area (Å²) < 4.78 is 1.77. The van der Waals surface area contributed by atoms with Gasteiger partial charge in [-0.2, -0.15) is 5.10 Å². The molecule has 1 amide bonds. The van der Waals surface area contributed by atoms with Crippen LogP contribution in [0.4, 0.5) is 0 Å². The molecule has 0 unspecified atom stereocenters.